The maximum Gasteiger partial charge on any atom is 0.256 e. The molecule has 10 heteroatoms. The third kappa shape index (κ3) is 7.12. The van der Waals surface area contributed by atoms with Crippen molar-refractivity contribution < 1.29 is 14.2 Å². The second-order valence-corrected chi connectivity index (χ2v) is 10.1. The Bertz CT molecular complexity index is 1210. The largest absolute Gasteiger partial charge is 0.475 e. The molecule has 1 aliphatic carbocycles. The van der Waals surface area contributed by atoms with Crippen molar-refractivity contribution in [3.8, 4) is 23.1 Å². The molecule has 2 aromatic heterocycles. The van der Waals surface area contributed by atoms with Gasteiger partial charge in [0.05, 0.1) is 43.7 Å². The average molecular weight is 532 g/mol. The molecule has 0 bridgehead atoms. The minimum absolute atomic E-state index is 0.341. The number of hydrogen-bond donors (Lipinski definition) is 1. The van der Waals surface area contributed by atoms with Crippen LogP contribution in [0.4, 0.5) is 11.6 Å². The summed E-state index contributed by atoms with van der Waals surface area (Å²) in [7, 11) is 1.71. The number of benzene rings is 1. The predicted molar refractivity (Wildman–Crippen MR) is 148 cm³/mol. The van der Waals surface area contributed by atoms with E-state index in [4.69, 9.17) is 24.6 Å². The van der Waals surface area contributed by atoms with E-state index in [2.05, 4.69) is 30.9 Å². The summed E-state index contributed by atoms with van der Waals surface area (Å²) in [5, 5.41) is 17.2. The maximum atomic E-state index is 9.03. The van der Waals surface area contributed by atoms with Gasteiger partial charge in [-0.2, -0.15) is 5.26 Å². The molecule has 1 aliphatic heterocycles. The number of nitrogens with zero attached hydrogens (tertiary/aromatic N) is 6. The van der Waals surface area contributed by atoms with E-state index in [1.807, 2.05) is 18.3 Å². The number of methoxy groups -OCH3 is 1. The van der Waals surface area contributed by atoms with E-state index < -0.39 is 0 Å². The minimum Gasteiger partial charge on any atom is -0.475 e. The molecule has 0 unspecified atom stereocenters. The fraction of sp³-hybridized carbons (Fsp3) is 0.517. The van der Waals surface area contributed by atoms with Gasteiger partial charge in [-0.1, -0.05) is 12.1 Å². The van der Waals surface area contributed by atoms with E-state index in [9.17, 15) is 0 Å². The molecule has 1 saturated heterocycles. The Labute approximate surface area is 229 Å². The van der Waals surface area contributed by atoms with Gasteiger partial charge >= 0.3 is 0 Å². The van der Waals surface area contributed by atoms with Crippen LogP contribution in [0.5, 0.6) is 5.88 Å². The van der Waals surface area contributed by atoms with Crippen molar-refractivity contribution >= 4 is 11.6 Å². The molecule has 5 rings (SSSR count). The van der Waals surface area contributed by atoms with Crippen LogP contribution >= 0.6 is 0 Å². The SMILES string of the molecule is COCCCCOc1nn(C2CCC(N3CCOCC3)CC2)cc1Nc1ncc(-c2ccc(C#N)cc2)cn1. The van der Waals surface area contributed by atoms with Gasteiger partial charge in [-0.05, 0) is 56.2 Å². The summed E-state index contributed by atoms with van der Waals surface area (Å²) in [6.07, 6.45) is 11.9. The molecule has 206 valence electrons. The first-order valence-electron chi connectivity index (χ1n) is 13.9. The third-order valence-electron chi connectivity index (χ3n) is 7.53. The van der Waals surface area contributed by atoms with Crippen LogP contribution in [-0.4, -0.2) is 77.3 Å². The summed E-state index contributed by atoms with van der Waals surface area (Å²) in [6, 6.07) is 10.5. The second kappa shape index (κ2) is 13.5. The summed E-state index contributed by atoms with van der Waals surface area (Å²) in [5.74, 6) is 1.05. The molecule has 2 fully saturated rings. The van der Waals surface area contributed by atoms with Crippen molar-refractivity contribution in [2.24, 2.45) is 0 Å². The Morgan fingerprint density at radius 1 is 0.974 bits per heavy atom. The first-order chi connectivity index (χ1) is 19.2. The van der Waals surface area contributed by atoms with Gasteiger partial charge < -0.3 is 19.5 Å². The van der Waals surface area contributed by atoms with Gasteiger partial charge in [-0.3, -0.25) is 9.58 Å². The van der Waals surface area contributed by atoms with Gasteiger partial charge in [0, 0.05) is 50.8 Å². The molecule has 0 radical (unpaired) electrons. The molecule has 10 nitrogen and oxygen atoms in total. The van der Waals surface area contributed by atoms with Crippen LogP contribution in [0.3, 0.4) is 0 Å². The molecular formula is C29H37N7O3. The van der Waals surface area contributed by atoms with Crippen LogP contribution in [0.15, 0.2) is 42.9 Å². The Kier molecular flexibility index (Phi) is 9.38. The predicted octanol–water partition coefficient (Wildman–Crippen LogP) is 4.58. The van der Waals surface area contributed by atoms with Crippen LogP contribution in [0.25, 0.3) is 11.1 Å². The number of aromatic nitrogens is 4. The normalized spacial score (nSPS) is 19.9. The number of anilines is 2. The van der Waals surface area contributed by atoms with Gasteiger partial charge in [0.25, 0.3) is 5.88 Å². The lowest BCUT2D eigenvalue weighted by molar-refractivity contribution is 0.00503. The van der Waals surface area contributed by atoms with E-state index in [1.54, 1.807) is 31.6 Å². The molecule has 3 heterocycles. The molecule has 1 N–H and O–H groups in total. The molecule has 0 amide bonds. The van der Waals surface area contributed by atoms with Gasteiger partial charge in [0.2, 0.25) is 5.95 Å². The number of ether oxygens (including phenoxy) is 3. The van der Waals surface area contributed by atoms with Crippen molar-refractivity contribution in [1.82, 2.24) is 24.6 Å². The minimum atomic E-state index is 0.341. The summed E-state index contributed by atoms with van der Waals surface area (Å²) < 4.78 is 18.9. The number of nitriles is 1. The Balaban J connectivity index is 1.26. The third-order valence-corrected chi connectivity index (χ3v) is 7.53. The summed E-state index contributed by atoms with van der Waals surface area (Å²) >= 11 is 0. The number of hydrogen-bond acceptors (Lipinski definition) is 9. The number of nitrogens with one attached hydrogen (secondary N) is 1. The lowest BCUT2D eigenvalue weighted by atomic mass is 9.90. The molecular weight excluding hydrogens is 494 g/mol. The first kappa shape index (κ1) is 27.1. The van der Waals surface area contributed by atoms with Gasteiger partial charge in [-0.25, -0.2) is 9.97 Å². The lowest BCUT2D eigenvalue weighted by Gasteiger charge is -2.38. The molecule has 1 aromatic carbocycles. The summed E-state index contributed by atoms with van der Waals surface area (Å²) in [4.78, 5) is 11.6. The number of unbranched alkanes of at least 4 members (excludes halogenated alkanes) is 1. The Morgan fingerprint density at radius 3 is 2.36 bits per heavy atom. The van der Waals surface area contributed by atoms with Gasteiger partial charge in [-0.15, -0.1) is 5.10 Å². The molecule has 2 aliphatic rings. The van der Waals surface area contributed by atoms with Crippen molar-refractivity contribution in [2.45, 2.75) is 50.6 Å². The summed E-state index contributed by atoms with van der Waals surface area (Å²) in [6.45, 7) is 5.05. The smallest absolute Gasteiger partial charge is 0.256 e. The second-order valence-electron chi connectivity index (χ2n) is 10.1. The maximum absolute atomic E-state index is 9.03. The molecule has 1 saturated carbocycles. The highest BCUT2D eigenvalue weighted by molar-refractivity contribution is 5.64. The Hall–Kier alpha value is -3.52. The quantitative estimate of drug-likeness (QED) is 0.356. The average Bonchev–Trinajstić information content (AvgIpc) is 3.40. The van der Waals surface area contributed by atoms with Crippen molar-refractivity contribution in [1.29, 1.82) is 5.26 Å². The molecule has 39 heavy (non-hydrogen) atoms. The van der Waals surface area contributed by atoms with E-state index in [1.165, 1.54) is 12.8 Å². The monoisotopic (exact) mass is 531 g/mol. The number of morpholine rings is 1. The van der Waals surface area contributed by atoms with E-state index in [-0.39, 0.29) is 0 Å². The highest BCUT2D eigenvalue weighted by Gasteiger charge is 2.29. The fourth-order valence-corrected chi connectivity index (χ4v) is 5.30. The zero-order valence-electron chi connectivity index (χ0n) is 22.6. The van der Waals surface area contributed by atoms with Crippen molar-refractivity contribution in [3.05, 3.63) is 48.4 Å². The van der Waals surface area contributed by atoms with Crippen molar-refractivity contribution in [3.63, 3.8) is 0 Å². The molecule has 0 spiro atoms. The molecule has 3 aromatic rings. The standard InChI is InChI=1S/C29H37N7O3/c1-37-14-2-3-15-39-28-27(33-29-31-19-24(20-32-29)23-6-4-22(18-30)5-7-23)21-36(34-28)26-10-8-25(9-11-26)35-12-16-38-17-13-35/h4-7,19-21,25-26H,2-3,8-17H2,1H3,(H,31,32,33). The van der Waals surface area contributed by atoms with Gasteiger partial charge in [0.15, 0.2) is 0 Å². The highest BCUT2D eigenvalue weighted by Crippen LogP contribution is 2.34. The van der Waals surface area contributed by atoms with Crippen LogP contribution in [0, 0.1) is 11.3 Å². The van der Waals surface area contributed by atoms with Crippen LogP contribution < -0.4 is 10.1 Å². The van der Waals surface area contributed by atoms with Crippen LogP contribution in [0.2, 0.25) is 0 Å². The van der Waals surface area contributed by atoms with Crippen LogP contribution in [-0.2, 0) is 9.47 Å². The lowest BCUT2D eigenvalue weighted by Crippen LogP contribution is -2.45. The zero-order valence-corrected chi connectivity index (χ0v) is 22.6. The van der Waals surface area contributed by atoms with E-state index in [0.29, 0.717) is 42.7 Å². The van der Waals surface area contributed by atoms with E-state index >= 15 is 0 Å². The molecule has 0 atom stereocenters. The zero-order chi connectivity index (χ0) is 26.9. The van der Waals surface area contributed by atoms with Gasteiger partial charge in [0.1, 0.15) is 5.69 Å². The number of rotatable bonds is 11. The van der Waals surface area contributed by atoms with Crippen molar-refractivity contribution in [2.75, 3.05) is 51.9 Å². The summed E-state index contributed by atoms with van der Waals surface area (Å²) in [5.41, 5.74) is 3.23. The van der Waals surface area contributed by atoms with Crippen LogP contribution in [0.1, 0.15) is 50.1 Å². The Morgan fingerprint density at radius 2 is 1.67 bits per heavy atom. The fourth-order valence-electron chi connectivity index (χ4n) is 5.30. The first-order valence-corrected chi connectivity index (χ1v) is 13.9. The van der Waals surface area contributed by atoms with E-state index in [0.717, 1.165) is 68.8 Å². The highest BCUT2D eigenvalue weighted by atomic mass is 16.5. The topological polar surface area (TPSA) is 110 Å².